The fraction of sp³-hybridized carbons (Fsp3) is 0.900. The summed E-state index contributed by atoms with van der Waals surface area (Å²) in [5, 5.41) is 0. The number of ketones is 1. The molecule has 0 rings (SSSR count). The molecule has 0 heterocycles. The first-order valence-corrected chi connectivity index (χ1v) is 4.67. The molecule has 1 heteroatoms. The summed E-state index contributed by atoms with van der Waals surface area (Å²) in [4.78, 5) is 11.5. The molecule has 1 unspecified atom stereocenters. The predicted octanol–water partition coefficient (Wildman–Crippen LogP) is 3.04. The van der Waals surface area contributed by atoms with Crippen molar-refractivity contribution in [3.63, 3.8) is 0 Å². The van der Waals surface area contributed by atoms with Gasteiger partial charge in [-0.1, -0.05) is 34.1 Å². The molecule has 0 aromatic heterocycles. The minimum Gasteiger partial charge on any atom is -0.299 e. The van der Waals surface area contributed by atoms with E-state index in [-0.39, 0.29) is 5.92 Å². The Labute approximate surface area is 70.2 Å². The fourth-order valence-corrected chi connectivity index (χ4v) is 1.37. The fourth-order valence-electron chi connectivity index (χ4n) is 1.37. The maximum absolute atomic E-state index is 11.5. The van der Waals surface area contributed by atoms with Crippen LogP contribution in [0.3, 0.4) is 0 Å². The lowest BCUT2D eigenvalue weighted by molar-refractivity contribution is -0.126. The summed E-state index contributed by atoms with van der Waals surface area (Å²) >= 11 is 0. The predicted molar refractivity (Wildman–Crippen MR) is 48.5 cm³/mol. The smallest absolute Gasteiger partial charge is 0.138 e. The van der Waals surface area contributed by atoms with Crippen LogP contribution in [0.15, 0.2) is 0 Å². The zero-order valence-corrected chi connectivity index (χ0v) is 8.18. The molecule has 0 amide bonds. The zero-order valence-electron chi connectivity index (χ0n) is 8.18. The van der Waals surface area contributed by atoms with Gasteiger partial charge in [0, 0.05) is 11.8 Å². The lowest BCUT2D eigenvalue weighted by Gasteiger charge is -2.14. The molecule has 0 fully saturated rings. The molecule has 0 saturated heterocycles. The summed E-state index contributed by atoms with van der Waals surface area (Å²) in [5.41, 5.74) is 0. The lowest BCUT2D eigenvalue weighted by Crippen LogP contribution is -2.18. The van der Waals surface area contributed by atoms with Crippen LogP contribution in [0.4, 0.5) is 0 Å². The Balaban J connectivity index is 3.92. The van der Waals surface area contributed by atoms with Gasteiger partial charge in [0.1, 0.15) is 5.78 Å². The van der Waals surface area contributed by atoms with E-state index in [4.69, 9.17) is 0 Å². The average Bonchev–Trinajstić information content (AvgIpc) is 1.98. The molecule has 0 aromatic carbocycles. The quantitative estimate of drug-likeness (QED) is 0.598. The van der Waals surface area contributed by atoms with E-state index in [0.717, 1.165) is 19.3 Å². The Morgan fingerprint density at radius 1 is 1.27 bits per heavy atom. The molecule has 0 radical (unpaired) electrons. The molecule has 0 saturated carbocycles. The second-order valence-electron chi connectivity index (χ2n) is 3.45. The van der Waals surface area contributed by atoms with Crippen LogP contribution in [0.5, 0.6) is 0 Å². The van der Waals surface area contributed by atoms with Crippen LogP contribution >= 0.6 is 0 Å². The van der Waals surface area contributed by atoms with Gasteiger partial charge in [0.25, 0.3) is 0 Å². The molecule has 0 aliphatic rings. The van der Waals surface area contributed by atoms with Gasteiger partial charge < -0.3 is 0 Å². The summed E-state index contributed by atoms with van der Waals surface area (Å²) < 4.78 is 0. The van der Waals surface area contributed by atoms with E-state index in [9.17, 15) is 4.79 Å². The van der Waals surface area contributed by atoms with E-state index in [1.807, 2.05) is 13.8 Å². The Kier molecular flexibility index (Phi) is 5.18. The van der Waals surface area contributed by atoms with Crippen molar-refractivity contribution in [3.05, 3.63) is 0 Å². The van der Waals surface area contributed by atoms with E-state index in [1.165, 1.54) is 0 Å². The van der Waals surface area contributed by atoms with Crippen LogP contribution in [-0.2, 0) is 4.79 Å². The second kappa shape index (κ2) is 5.34. The van der Waals surface area contributed by atoms with Gasteiger partial charge in [-0.15, -0.1) is 0 Å². The van der Waals surface area contributed by atoms with Crippen molar-refractivity contribution < 1.29 is 4.79 Å². The minimum atomic E-state index is 0.214. The van der Waals surface area contributed by atoms with Crippen LogP contribution < -0.4 is 0 Å². The molecule has 66 valence electrons. The summed E-state index contributed by atoms with van der Waals surface area (Å²) in [7, 11) is 0. The van der Waals surface area contributed by atoms with Gasteiger partial charge in [-0.25, -0.2) is 0 Å². The van der Waals surface area contributed by atoms with Crippen molar-refractivity contribution in [2.45, 2.75) is 47.0 Å². The molecule has 0 bridgehead atoms. The Morgan fingerprint density at radius 2 is 1.82 bits per heavy atom. The van der Waals surface area contributed by atoms with Gasteiger partial charge in [0.2, 0.25) is 0 Å². The molecular formula is C10H20O. The van der Waals surface area contributed by atoms with Crippen LogP contribution in [0.1, 0.15) is 47.0 Å². The third-order valence-electron chi connectivity index (χ3n) is 2.10. The highest BCUT2D eigenvalue weighted by atomic mass is 16.1. The molecule has 0 aliphatic carbocycles. The van der Waals surface area contributed by atoms with Crippen molar-refractivity contribution in [2.75, 3.05) is 0 Å². The van der Waals surface area contributed by atoms with Gasteiger partial charge in [0.15, 0.2) is 0 Å². The highest BCUT2D eigenvalue weighted by molar-refractivity contribution is 5.82. The molecule has 1 atom stereocenters. The zero-order chi connectivity index (χ0) is 8.85. The molecular weight excluding hydrogens is 136 g/mol. The van der Waals surface area contributed by atoms with Gasteiger partial charge in [-0.05, 0) is 12.8 Å². The summed E-state index contributed by atoms with van der Waals surface area (Å²) in [6.07, 6.45) is 3.19. The maximum Gasteiger partial charge on any atom is 0.138 e. The number of hydrogen-bond donors (Lipinski definition) is 0. The highest BCUT2D eigenvalue weighted by Crippen LogP contribution is 2.16. The summed E-state index contributed by atoms with van der Waals surface area (Å²) in [6, 6.07) is 0. The Morgan fingerprint density at radius 3 is 2.09 bits per heavy atom. The maximum atomic E-state index is 11.5. The Bertz CT molecular complexity index is 116. The molecule has 0 spiro atoms. The largest absolute Gasteiger partial charge is 0.299 e. The first kappa shape index (κ1) is 10.7. The average molecular weight is 156 g/mol. The monoisotopic (exact) mass is 156 g/mol. The first-order valence-electron chi connectivity index (χ1n) is 4.67. The summed E-state index contributed by atoms with van der Waals surface area (Å²) in [5.74, 6) is 0.973. The second-order valence-corrected chi connectivity index (χ2v) is 3.45. The van der Waals surface area contributed by atoms with Crippen molar-refractivity contribution in [2.24, 2.45) is 11.8 Å². The standard InChI is InChI=1S/C10H20O/c1-5-7-9(6-2)10(11)8(3)4/h8-9H,5-7H2,1-4H3. The highest BCUT2D eigenvalue weighted by Gasteiger charge is 2.17. The molecule has 0 N–H and O–H groups in total. The van der Waals surface area contributed by atoms with Crippen molar-refractivity contribution in [1.82, 2.24) is 0 Å². The number of carbonyl (C=O) groups is 1. The van der Waals surface area contributed by atoms with Crippen LogP contribution in [-0.4, -0.2) is 5.78 Å². The third kappa shape index (κ3) is 3.54. The SMILES string of the molecule is CCCC(CC)C(=O)C(C)C. The van der Waals surface area contributed by atoms with Gasteiger partial charge in [0.05, 0.1) is 0 Å². The van der Waals surface area contributed by atoms with Gasteiger partial charge >= 0.3 is 0 Å². The van der Waals surface area contributed by atoms with Crippen molar-refractivity contribution in [1.29, 1.82) is 0 Å². The number of Topliss-reactive ketones (excluding diaryl/α,β-unsaturated/α-hetero) is 1. The van der Waals surface area contributed by atoms with Crippen LogP contribution in [0.2, 0.25) is 0 Å². The van der Waals surface area contributed by atoms with E-state index in [1.54, 1.807) is 0 Å². The normalized spacial score (nSPS) is 13.5. The van der Waals surface area contributed by atoms with E-state index in [0.29, 0.717) is 11.7 Å². The Hall–Kier alpha value is -0.330. The first-order chi connectivity index (χ1) is 5.13. The van der Waals surface area contributed by atoms with Crippen LogP contribution in [0.25, 0.3) is 0 Å². The number of carbonyl (C=O) groups excluding carboxylic acids is 1. The molecule has 11 heavy (non-hydrogen) atoms. The number of rotatable bonds is 5. The summed E-state index contributed by atoms with van der Waals surface area (Å²) in [6.45, 7) is 8.21. The third-order valence-corrected chi connectivity index (χ3v) is 2.10. The van der Waals surface area contributed by atoms with E-state index < -0.39 is 0 Å². The van der Waals surface area contributed by atoms with Gasteiger partial charge in [-0.2, -0.15) is 0 Å². The molecule has 0 aliphatic heterocycles. The molecule has 0 aromatic rings. The van der Waals surface area contributed by atoms with Crippen molar-refractivity contribution >= 4 is 5.78 Å². The lowest BCUT2D eigenvalue weighted by atomic mass is 9.90. The number of hydrogen-bond acceptors (Lipinski definition) is 1. The van der Waals surface area contributed by atoms with Crippen LogP contribution in [0, 0.1) is 11.8 Å². The topological polar surface area (TPSA) is 17.1 Å². The van der Waals surface area contributed by atoms with Crippen molar-refractivity contribution in [3.8, 4) is 0 Å². The van der Waals surface area contributed by atoms with E-state index in [2.05, 4.69) is 13.8 Å². The molecule has 1 nitrogen and oxygen atoms in total. The van der Waals surface area contributed by atoms with Gasteiger partial charge in [-0.3, -0.25) is 4.79 Å². The van der Waals surface area contributed by atoms with E-state index >= 15 is 0 Å². The minimum absolute atomic E-state index is 0.214.